The van der Waals surface area contributed by atoms with Gasteiger partial charge in [-0.3, -0.25) is 10.1 Å². The molecule has 2 rings (SSSR count). The summed E-state index contributed by atoms with van der Waals surface area (Å²) in [6.45, 7) is 6.40. The molecule has 1 saturated heterocycles. The number of hydrogen-bond acceptors (Lipinski definition) is 5. The molecule has 0 bridgehead atoms. The van der Waals surface area contributed by atoms with Gasteiger partial charge in [-0.05, 0) is 6.92 Å². The molecule has 0 saturated carbocycles. The molecule has 0 aromatic carbocycles. The van der Waals surface area contributed by atoms with E-state index in [1.165, 1.54) is 4.90 Å². The van der Waals surface area contributed by atoms with E-state index < -0.39 is 18.2 Å². The Hall–Kier alpha value is -1.21. The van der Waals surface area contributed by atoms with Crippen LogP contribution in [0.1, 0.15) is 20.8 Å². The lowest BCUT2D eigenvalue weighted by Crippen LogP contribution is -2.63. The highest BCUT2D eigenvalue weighted by molar-refractivity contribution is 8.14. The lowest BCUT2D eigenvalue weighted by Gasteiger charge is -2.35. The van der Waals surface area contributed by atoms with Crippen LogP contribution in [0.3, 0.4) is 0 Å². The van der Waals surface area contributed by atoms with Crippen molar-refractivity contribution in [2.24, 2.45) is 4.99 Å². The van der Waals surface area contributed by atoms with Gasteiger partial charge in [0.05, 0.1) is 0 Å². The van der Waals surface area contributed by atoms with Crippen molar-refractivity contribution in [1.29, 1.82) is 0 Å². The zero-order chi connectivity index (χ0) is 15.7. The normalized spacial score (nSPS) is 26.2. The van der Waals surface area contributed by atoms with Crippen molar-refractivity contribution >= 4 is 40.5 Å². The van der Waals surface area contributed by atoms with Crippen molar-refractivity contribution in [3.63, 3.8) is 0 Å². The molecule has 0 aromatic rings. The van der Waals surface area contributed by atoms with Crippen LogP contribution in [0.25, 0.3) is 0 Å². The summed E-state index contributed by atoms with van der Waals surface area (Å²) in [5, 5.41) is 4.12. The average molecular weight is 331 g/mol. The van der Waals surface area contributed by atoms with Crippen molar-refractivity contribution < 1.29 is 9.59 Å². The summed E-state index contributed by atoms with van der Waals surface area (Å²) in [6, 6.07) is -0.911. The Morgan fingerprint density at radius 1 is 1.52 bits per heavy atom. The number of fused-ring (bicyclic) bond motifs is 1. The van der Waals surface area contributed by atoms with Crippen LogP contribution in [-0.2, 0) is 4.79 Å². The monoisotopic (exact) mass is 330 g/mol. The van der Waals surface area contributed by atoms with Crippen LogP contribution < -0.4 is 5.32 Å². The van der Waals surface area contributed by atoms with Crippen LogP contribution in [0.5, 0.6) is 0 Å². The molecule has 2 unspecified atom stereocenters. The molecule has 2 aliphatic heterocycles. The summed E-state index contributed by atoms with van der Waals surface area (Å²) in [6.07, 6.45) is 1.36. The van der Waals surface area contributed by atoms with Gasteiger partial charge in [-0.15, -0.1) is 0 Å². The third kappa shape index (κ3) is 3.35. The van der Waals surface area contributed by atoms with E-state index in [2.05, 4.69) is 24.2 Å². The Labute approximate surface area is 133 Å². The third-order valence-corrected chi connectivity index (χ3v) is 4.41. The first-order valence-electron chi connectivity index (χ1n) is 6.72. The predicted molar refractivity (Wildman–Crippen MR) is 85.4 cm³/mol. The van der Waals surface area contributed by atoms with Crippen LogP contribution in [0, 0.1) is 0 Å². The van der Waals surface area contributed by atoms with E-state index in [-0.39, 0.29) is 5.91 Å². The zero-order valence-corrected chi connectivity index (χ0v) is 14.0. The standard InChI is InChI=1S/C13H19ClN4O2S/c1-7(2)21-13-15-10-9(18(13)6-5-8(3)14)11(19)16-12(20)17(10)4/h5,7,9-10H,6H2,1-4H3,(H,16,19,20)/b8-5-. The minimum absolute atomic E-state index is 0.313. The zero-order valence-electron chi connectivity index (χ0n) is 12.5. The van der Waals surface area contributed by atoms with Crippen LogP contribution >= 0.6 is 23.4 Å². The second-order valence-corrected chi connectivity index (χ2v) is 7.43. The van der Waals surface area contributed by atoms with Crippen LogP contribution in [-0.4, -0.2) is 58.0 Å². The number of amidine groups is 1. The number of carbonyl (C=O) groups is 2. The fourth-order valence-electron chi connectivity index (χ4n) is 2.23. The Bertz CT molecular complexity index is 516. The van der Waals surface area contributed by atoms with Crippen molar-refractivity contribution in [1.82, 2.24) is 15.1 Å². The van der Waals surface area contributed by atoms with Crippen LogP contribution in [0.2, 0.25) is 0 Å². The first-order chi connectivity index (χ1) is 9.81. The summed E-state index contributed by atoms with van der Waals surface area (Å²) in [4.78, 5) is 31.8. The van der Waals surface area contributed by atoms with Gasteiger partial charge in [0.15, 0.2) is 17.4 Å². The molecule has 8 heteroatoms. The van der Waals surface area contributed by atoms with Crippen molar-refractivity contribution in [3.8, 4) is 0 Å². The minimum atomic E-state index is -0.499. The lowest BCUT2D eigenvalue weighted by atomic mass is 10.1. The third-order valence-electron chi connectivity index (χ3n) is 3.23. The van der Waals surface area contributed by atoms with Crippen LogP contribution in [0.15, 0.2) is 16.1 Å². The van der Waals surface area contributed by atoms with Gasteiger partial charge in [0.2, 0.25) is 0 Å². The quantitative estimate of drug-likeness (QED) is 0.857. The molecule has 2 aliphatic rings. The highest BCUT2D eigenvalue weighted by Gasteiger charge is 2.48. The van der Waals surface area contributed by atoms with Crippen molar-refractivity contribution in [2.75, 3.05) is 13.6 Å². The maximum absolute atomic E-state index is 12.2. The number of amides is 3. The summed E-state index contributed by atoms with van der Waals surface area (Å²) in [5.41, 5.74) is 0. The number of allylic oxidation sites excluding steroid dienone is 1. The summed E-state index contributed by atoms with van der Waals surface area (Å²) < 4.78 is 0. The summed E-state index contributed by atoms with van der Waals surface area (Å²) >= 11 is 7.47. The number of imide groups is 1. The second kappa shape index (κ2) is 6.27. The first-order valence-corrected chi connectivity index (χ1v) is 7.98. The molecule has 1 fully saturated rings. The number of carbonyl (C=O) groups excluding carboxylic acids is 2. The highest BCUT2D eigenvalue weighted by atomic mass is 35.5. The number of halogens is 1. The van der Waals surface area contributed by atoms with Crippen molar-refractivity contribution in [3.05, 3.63) is 11.1 Å². The number of nitrogens with one attached hydrogen (secondary N) is 1. The number of likely N-dealkylation sites (N-methyl/N-ethyl adjacent to an activating group) is 1. The van der Waals surface area contributed by atoms with Gasteiger partial charge in [-0.25, -0.2) is 9.79 Å². The second-order valence-electron chi connectivity index (χ2n) is 5.29. The fourth-order valence-corrected chi connectivity index (χ4v) is 3.21. The maximum atomic E-state index is 12.2. The number of hydrogen-bond donors (Lipinski definition) is 1. The Morgan fingerprint density at radius 2 is 2.19 bits per heavy atom. The van der Waals surface area contributed by atoms with Gasteiger partial charge in [0.1, 0.15) is 0 Å². The molecule has 2 atom stereocenters. The van der Waals surface area contributed by atoms with E-state index in [4.69, 9.17) is 11.6 Å². The lowest BCUT2D eigenvalue weighted by molar-refractivity contribution is -0.126. The molecule has 1 N–H and O–H groups in total. The van der Waals surface area contributed by atoms with Crippen LogP contribution in [0.4, 0.5) is 4.79 Å². The number of thioether (sulfide) groups is 1. The smallest absolute Gasteiger partial charge is 0.325 e. The molecule has 3 amide bonds. The van der Waals surface area contributed by atoms with Gasteiger partial charge in [0.25, 0.3) is 5.91 Å². The molecule has 6 nitrogen and oxygen atoms in total. The van der Waals surface area contributed by atoms with Crippen molar-refractivity contribution in [2.45, 2.75) is 38.2 Å². The molecular formula is C13H19ClN4O2S. The Morgan fingerprint density at radius 3 is 2.76 bits per heavy atom. The van der Waals surface area contributed by atoms with E-state index in [0.717, 1.165) is 5.17 Å². The number of nitrogens with zero attached hydrogens (tertiary/aromatic N) is 3. The fraction of sp³-hybridized carbons (Fsp3) is 0.615. The van der Waals surface area contributed by atoms with E-state index >= 15 is 0 Å². The van der Waals surface area contributed by atoms with E-state index in [1.807, 2.05) is 11.0 Å². The molecule has 21 heavy (non-hydrogen) atoms. The van der Waals surface area contributed by atoms with E-state index in [1.54, 1.807) is 25.7 Å². The molecular weight excluding hydrogens is 312 g/mol. The molecule has 0 aliphatic carbocycles. The van der Waals surface area contributed by atoms with Gasteiger partial charge in [0, 0.05) is 23.9 Å². The SMILES string of the molecule is C/C(Cl)=C/CN1C(SC(C)C)=NC2C1C(=O)NC(=O)N2C. The maximum Gasteiger partial charge on any atom is 0.325 e. The van der Waals surface area contributed by atoms with E-state index in [9.17, 15) is 9.59 Å². The number of rotatable bonds is 3. The molecule has 2 heterocycles. The first kappa shape index (κ1) is 16.2. The number of urea groups is 1. The molecule has 0 aromatic heterocycles. The van der Waals surface area contributed by atoms with E-state index in [0.29, 0.717) is 16.8 Å². The minimum Gasteiger partial charge on any atom is -0.332 e. The van der Waals surface area contributed by atoms with Gasteiger partial charge < -0.3 is 9.80 Å². The van der Waals surface area contributed by atoms with Gasteiger partial charge in [-0.2, -0.15) is 0 Å². The Kier molecular flexibility index (Phi) is 4.83. The summed E-state index contributed by atoms with van der Waals surface area (Å²) in [7, 11) is 1.65. The Balaban J connectivity index is 2.31. The average Bonchev–Trinajstić information content (AvgIpc) is 2.72. The summed E-state index contributed by atoms with van der Waals surface area (Å²) in [5.74, 6) is -0.313. The van der Waals surface area contributed by atoms with Gasteiger partial charge >= 0.3 is 6.03 Å². The highest BCUT2D eigenvalue weighted by Crippen LogP contribution is 2.30. The molecule has 116 valence electrons. The molecule has 0 spiro atoms. The largest absolute Gasteiger partial charge is 0.332 e. The molecule has 0 radical (unpaired) electrons. The predicted octanol–water partition coefficient (Wildman–Crippen LogP) is 1.82. The number of aliphatic imine (C=N–C) groups is 1. The topological polar surface area (TPSA) is 65.0 Å². The van der Waals surface area contributed by atoms with Gasteiger partial charge in [-0.1, -0.05) is 43.3 Å².